The van der Waals surface area contributed by atoms with Crippen LogP contribution in [0, 0.1) is 0 Å². The van der Waals surface area contributed by atoms with E-state index >= 15 is 0 Å². The molecule has 0 radical (unpaired) electrons. The fourth-order valence-corrected chi connectivity index (χ4v) is 2.23. The summed E-state index contributed by atoms with van der Waals surface area (Å²) in [5, 5.41) is -0.998. The van der Waals surface area contributed by atoms with Crippen LogP contribution >= 0.6 is 12.2 Å². The molecule has 0 aromatic carbocycles. The van der Waals surface area contributed by atoms with Gasteiger partial charge in [0.2, 0.25) is 15.9 Å². The van der Waals surface area contributed by atoms with Gasteiger partial charge >= 0.3 is 0 Å². The van der Waals surface area contributed by atoms with E-state index in [0.717, 1.165) is 4.31 Å². The van der Waals surface area contributed by atoms with Crippen molar-refractivity contribution in [2.45, 2.75) is 12.2 Å². The number of sulfonamides is 1. The maximum Gasteiger partial charge on any atom is 0.232 e. The van der Waals surface area contributed by atoms with Crippen LogP contribution in [-0.4, -0.2) is 42.5 Å². The summed E-state index contributed by atoms with van der Waals surface area (Å²) in [6, 6.07) is 0. The first-order chi connectivity index (χ1) is 6.19. The number of carbonyl (C=O) groups excluding carboxylic acids is 1. The Balaban J connectivity index is 4.79. The van der Waals surface area contributed by atoms with Crippen LogP contribution in [0.5, 0.6) is 0 Å². The Morgan fingerprint density at radius 2 is 1.93 bits per heavy atom. The highest BCUT2D eigenvalue weighted by molar-refractivity contribution is 7.92. The number of likely N-dealkylation sites (N-methyl/N-ethyl adjacent to an activating group) is 1. The van der Waals surface area contributed by atoms with Gasteiger partial charge in [0, 0.05) is 7.05 Å². The number of nitrogens with two attached hydrogens (primary N) is 2. The van der Waals surface area contributed by atoms with E-state index in [1.165, 1.54) is 14.0 Å². The standard InChI is InChI=1S/C6H13N3O3S2/c1-4(6(8)13)14(11,12)9(2)3-5(7)10/h4H,3H2,1-2H3,(H2,7,10)(H2,8,13). The second-order valence-electron chi connectivity index (χ2n) is 2.81. The van der Waals surface area contributed by atoms with Gasteiger partial charge in [0.05, 0.1) is 11.5 Å². The number of rotatable bonds is 5. The predicted octanol–water partition coefficient (Wildman–Crippen LogP) is -1.59. The molecule has 0 aliphatic heterocycles. The third-order valence-corrected chi connectivity index (χ3v) is 4.31. The van der Waals surface area contributed by atoms with E-state index in [1.54, 1.807) is 0 Å². The first-order valence-electron chi connectivity index (χ1n) is 3.72. The van der Waals surface area contributed by atoms with Crippen molar-refractivity contribution in [1.82, 2.24) is 4.31 Å². The molecule has 1 amide bonds. The van der Waals surface area contributed by atoms with Crippen molar-refractivity contribution in [3.05, 3.63) is 0 Å². The Bertz CT molecular complexity index is 338. The molecule has 0 spiro atoms. The lowest BCUT2D eigenvalue weighted by Gasteiger charge is -2.19. The zero-order valence-corrected chi connectivity index (χ0v) is 9.56. The fourth-order valence-electron chi connectivity index (χ4n) is 0.726. The van der Waals surface area contributed by atoms with Gasteiger partial charge in [-0.3, -0.25) is 4.79 Å². The minimum atomic E-state index is -3.67. The Kier molecular flexibility index (Phi) is 4.43. The molecule has 0 rings (SSSR count). The largest absolute Gasteiger partial charge is 0.392 e. The molecular formula is C6H13N3O3S2. The van der Waals surface area contributed by atoms with Crippen LogP contribution in [0.2, 0.25) is 0 Å². The number of amides is 1. The van der Waals surface area contributed by atoms with Crippen molar-refractivity contribution in [3.63, 3.8) is 0 Å². The molecule has 4 N–H and O–H groups in total. The lowest BCUT2D eigenvalue weighted by Crippen LogP contribution is -2.44. The smallest absolute Gasteiger partial charge is 0.232 e. The lowest BCUT2D eigenvalue weighted by atomic mass is 10.5. The van der Waals surface area contributed by atoms with E-state index in [-0.39, 0.29) is 11.5 Å². The molecule has 0 aliphatic carbocycles. The van der Waals surface area contributed by atoms with E-state index in [1.807, 2.05) is 0 Å². The van der Waals surface area contributed by atoms with Gasteiger partial charge in [-0.15, -0.1) is 0 Å². The molecule has 8 heteroatoms. The van der Waals surface area contributed by atoms with E-state index in [9.17, 15) is 13.2 Å². The molecular weight excluding hydrogens is 226 g/mol. The normalized spacial score (nSPS) is 13.9. The van der Waals surface area contributed by atoms with Gasteiger partial charge < -0.3 is 11.5 Å². The highest BCUT2D eigenvalue weighted by Crippen LogP contribution is 2.06. The van der Waals surface area contributed by atoms with Crippen LogP contribution in [0.15, 0.2) is 0 Å². The van der Waals surface area contributed by atoms with Crippen LogP contribution in [0.25, 0.3) is 0 Å². The van der Waals surface area contributed by atoms with Gasteiger partial charge in [-0.1, -0.05) is 12.2 Å². The molecule has 0 aromatic heterocycles. The third kappa shape index (κ3) is 3.20. The Labute approximate surface area is 88.3 Å². The minimum Gasteiger partial charge on any atom is -0.392 e. The minimum absolute atomic E-state index is 0.138. The molecule has 1 unspecified atom stereocenters. The lowest BCUT2D eigenvalue weighted by molar-refractivity contribution is -0.118. The average molecular weight is 239 g/mol. The molecule has 0 bridgehead atoms. The summed E-state index contributed by atoms with van der Waals surface area (Å²) >= 11 is 4.55. The average Bonchev–Trinajstić information content (AvgIpc) is 2.01. The summed E-state index contributed by atoms with van der Waals surface area (Å²) < 4.78 is 23.9. The summed E-state index contributed by atoms with van der Waals surface area (Å²) in [6.07, 6.45) is 0. The molecule has 0 aliphatic rings. The van der Waals surface area contributed by atoms with E-state index < -0.39 is 21.2 Å². The van der Waals surface area contributed by atoms with Crippen molar-refractivity contribution in [2.75, 3.05) is 13.6 Å². The topological polar surface area (TPSA) is 106 Å². The van der Waals surface area contributed by atoms with Crippen molar-refractivity contribution in [1.29, 1.82) is 0 Å². The maximum atomic E-state index is 11.6. The Morgan fingerprint density at radius 1 is 1.50 bits per heavy atom. The van der Waals surface area contributed by atoms with Crippen molar-refractivity contribution in [3.8, 4) is 0 Å². The number of thiocarbonyl (C=S) groups is 1. The Morgan fingerprint density at radius 3 is 2.21 bits per heavy atom. The van der Waals surface area contributed by atoms with E-state index in [0.29, 0.717) is 0 Å². The van der Waals surface area contributed by atoms with Crippen LogP contribution in [0.4, 0.5) is 0 Å². The fraction of sp³-hybridized carbons (Fsp3) is 0.667. The van der Waals surface area contributed by atoms with Crippen LogP contribution in [0.3, 0.4) is 0 Å². The molecule has 0 heterocycles. The van der Waals surface area contributed by atoms with Crippen molar-refractivity contribution >= 4 is 33.1 Å². The SMILES string of the molecule is CC(C(N)=S)S(=O)(=O)N(C)CC(N)=O. The first-order valence-corrected chi connectivity index (χ1v) is 5.63. The number of primary amides is 1. The Hall–Kier alpha value is -0.730. The molecule has 6 nitrogen and oxygen atoms in total. The van der Waals surface area contributed by atoms with Gasteiger partial charge in [0.1, 0.15) is 5.25 Å². The zero-order chi connectivity index (χ0) is 11.5. The van der Waals surface area contributed by atoms with Crippen LogP contribution < -0.4 is 11.5 Å². The molecule has 82 valence electrons. The summed E-state index contributed by atoms with van der Waals surface area (Å²) in [5.74, 6) is -0.730. The third-order valence-electron chi connectivity index (χ3n) is 1.66. The van der Waals surface area contributed by atoms with Gasteiger partial charge in [-0.2, -0.15) is 4.31 Å². The quantitative estimate of drug-likeness (QED) is 0.562. The van der Waals surface area contributed by atoms with Crippen molar-refractivity contribution < 1.29 is 13.2 Å². The monoisotopic (exact) mass is 239 g/mol. The molecule has 1 atom stereocenters. The number of hydrogen-bond donors (Lipinski definition) is 2. The van der Waals surface area contributed by atoms with Gasteiger partial charge in [0.15, 0.2) is 0 Å². The summed E-state index contributed by atoms with van der Waals surface area (Å²) in [7, 11) is -2.42. The predicted molar refractivity (Wildman–Crippen MR) is 57.0 cm³/mol. The molecule has 0 saturated carbocycles. The second-order valence-corrected chi connectivity index (χ2v) is 5.64. The second kappa shape index (κ2) is 4.67. The number of hydrogen-bond acceptors (Lipinski definition) is 4. The van der Waals surface area contributed by atoms with E-state index in [4.69, 9.17) is 11.5 Å². The number of carbonyl (C=O) groups is 1. The molecule has 0 aromatic rings. The van der Waals surface area contributed by atoms with Crippen LogP contribution in [-0.2, 0) is 14.8 Å². The summed E-state index contributed by atoms with van der Waals surface area (Å²) in [6.45, 7) is 0.977. The highest BCUT2D eigenvalue weighted by atomic mass is 32.2. The van der Waals surface area contributed by atoms with Gasteiger partial charge in [0.25, 0.3) is 0 Å². The van der Waals surface area contributed by atoms with Gasteiger partial charge in [-0.05, 0) is 6.92 Å². The maximum absolute atomic E-state index is 11.6. The highest BCUT2D eigenvalue weighted by Gasteiger charge is 2.28. The van der Waals surface area contributed by atoms with Crippen molar-refractivity contribution in [2.24, 2.45) is 11.5 Å². The number of nitrogens with zero attached hydrogens (tertiary/aromatic N) is 1. The molecule has 0 fully saturated rings. The van der Waals surface area contributed by atoms with E-state index in [2.05, 4.69) is 12.2 Å². The molecule has 0 saturated heterocycles. The summed E-state index contributed by atoms with van der Waals surface area (Å²) in [4.78, 5) is 10.4. The zero-order valence-electron chi connectivity index (χ0n) is 7.93. The van der Waals surface area contributed by atoms with Crippen LogP contribution in [0.1, 0.15) is 6.92 Å². The molecule has 14 heavy (non-hydrogen) atoms. The summed E-state index contributed by atoms with van der Waals surface area (Å²) in [5.41, 5.74) is 10.1. The van der Waals surface area contributed by atoms with Gasteiger partial charge in [-0.25, -0.2) is 8.42 Å². The first kappa shape index (κ1) is 13.3.